The van der Waals surface area contributed by atoms with Gasteiger partial charge in [0.1, 0.15) is 0 Å². The summed E-state index contributed by atoms with van der Waals surface area (Å²) in [5, 5.41) is 6.28. The van der Waals surface area contributed by atoms with Crippen molar-refractivity contribution in [2.75, 3.05) is 11.9 Å². The second kappa shape index (κ2) is 11.0. The second-order valence-corrected chi connectivity index (χ2v) is 8.79. The highest BCUT2D eigenvalue weighted by Gasteiger charge is 2.12. The normalized spacial score (nSPS) is 10.8. The van der Waals surface area contributed by atoms with E-state index in [-0.39, 0.29) is 11.8 Å². The summed E-state index contributed by atoms with van der Waals surface area (Å²) in [6.45, 7) is 1.32. The molecule has 0 aliphatic heterocycles. The summed E-state index contributed by atoms with van der Waals surface area (Å²) in [5.41, 5.74) is 4.31. The fraction of sp³-hybridized carbons (Fsp3) is 0.107. The third-order valence-corrected chi connectivity index (χ3v) is 6.13. The highest BCUT2D eigenvalue weighted by molar-refractivity contribution is 6.33. The third kappa shape index (κ3) is 5.82. The molecule has 2 N–H and O–H groups in total. The topological polar surface area (TPSA) is 102 Å². The number of nitrogens with zero attached hydrogens (tertiary/aromatic N) is 4. The van der Waals surface area contributed by atoms with Gasteiger partial charge in [-0.05, 0) is 61.0 Å². The zero-order chi connectivity index (χ0) is 25.6. The minimum atomic E-state index is -0.301. The van der Waals surface area contributed by atoms with E-state index in [1.165, 1.54) is 0 Å². The molecule has 5 rings (SSSR count). The molecule has 0 aliphatic rings. The monoisotopic (exact) mass is 510 g/mol. The first-order chi connectivity index (χ1) is 18.1. The van der Waals surface area contributed by atoms with Crippen LogP contribution >= 0.6 is 11.6 Å². The molecule has 0 fully saturated rings. The van der Waals surface area contributed by atoms with Crippen molar-refractivity contribution in [3.05, 3.63) is 108 Å². The molecule has 2 aromatic heterocycles. The zero-order valence-corrected chi connectivity index (χ0v) is 20.5. The molecule has 184 valence electrons. The molecule has 3 aromatic carbocycles. The number of carbonyl (C=O) groups excluding carboxylic acids is 2. The van der Waals surface area contributed by atoms with Crippen molar-refractivity contribution in [2.24, 2.45) is 0 Å². The van der Waals surface area contributed by atoms with Crippen LogP contribution in [0.25, 0.3) is 22.3 Å². The lowest BCUT2D eigenvalue weighted by Gasteiger charge is -2.10. The summed E-state index contributed by atoms with van der Waals surface area (Å²) < 4.78 is 1.96. The minimum Gasteiger partial charge on any atom is -0.352 e. The van der Waals surface area contributed by atoms with Crippen LogP contribution in [0.15, 0.2) is 91.6 Å². The van der Waals surface area contributed by atoms with Crippen LogP contribution in [0.4, 0.5) is 5.69 Å². The smallest absolute Gasteiger partial charge is 0.255 e. The number of imidazole rings is 1. The van der Waals surface area contributed by atoms with Gasteiger partial charge in [-0.2, -0.15) is 0 Å². The Kier molecular flexibility index (Phi) is 7.19. The SMILES string of the molecule is O=C(NCCCn1ccnc1)c1ccc(C(=O)Nc2ccc(Cl)c(-c3cnc4ccccc4n3)c2)cc1. The van der Waals surface area contributed by atoms with Crippen LogP contribution in [0, 0.1) is 0 Å². The summed E-state index contributed by atoms with van der Waals surface area (Å²) in [6, 6.07) is 19.3. The van der Waals surface area contributed by atoms with Gasteiger partial charge in [0.25, 0.3) is 11.8 Å². The Morgan fingerprint density at radius 1 is 0.919 bits per heavy atom. The predicted octanol–water partition coefficient (Wildman–Crippen LogP) is 5.22. The minimum absolute atomic E-state index is 0.184. The Labute approximate surface area is 218 Å². The molecule has 0 aliphatic carbocycles. The van der Waals surface area contributed by atoms with Crippen LogP contribution in [0.1, 0.15) is 27.1 Å². The molecule has 0 saturated heterocycles. The number of anilines is 1. The number of para-hydroxylation sites is 2. The molecule has 0 saturated carbocycles. The van der Waals surface area contributed by atoms with E-state index in [1.54, 1.807) is 61.2 Å². The van der Waals surface area contributed by atoms with Gasteiger partial charge >= 0.3 is 0 Å². The predicted molar refractivity (Wildman–Crippen MR) is 144 cm³/mol. The van der Waals surface area contributed by atoms with Crippen LogP contribution in [0.5, 0.6) is 0 Å². The van der Waals surface area contributed by atoms with Gasteiger partial charge in [0.05, 0.1) is 34.3 Å². The van der Waals surface area contributed by atoms with E-state index < -0.39 is 0 Å². The van der Waals surface area contributed by atoms with E-state index in [1.807, 2.05) is 35.0 Å². The van der Waals surface area contributed by atoms with Crippen molar-refractivity contribution in [3.63, 3.8) is 0 Å². The Morgan fingerprint density at radius 3 is 2.43 bits per heavy atom. The molecule has 0 atom stereocenters. The maximum atomic E-state index is 12.8. The second-order valence-electron chi connectivity index (χ2n) is 8.38. The Morgan fingerprint density at radius 2 is 1.68 bits per heavy atom. The summed E-state index contributed by atoms with van der Waals surface area (Å²) >= 11 is 6.43. The van der Waals surface area contributed by atoms with Crippen molar-refractivity contribution in [1.82, 2.24) is 24.8 Å². The molecule has 8 nitrogen and oxygen atoms in total. The van der Waals surface area contributed by atoms with E-state index in [9.17, 15) is 9.59 Å². The largest absolute Gasteiger partial charge is 0.352 e. The summed E-state index contributed by atoms with van der Waals surface area (Å²) in [4.78, 5) is 38.4. The van der Waals surface area contributed by atoms with E-state index in [0.717, 1.165) is 24.0 Å². The van der Waals surface area contributed by atoms with Crippen molar-refractivity contribution < 1.29 is 9.59 Å². The summed E-state index contributed by atoms with van der Waals surface area (Å²) in [6.07, 6.45) is 7.80. The molecule has 0 bridgehead atoms. The maximum Gasteiger partial charge on any atom is 0.255 e. The summed E-state index contributed by atoms with van der Waals surface area (Å²) in [5.74, 6) is -0.485. The van der Waals surface area contributed by atoms with Gasteiger partial charge in [-0.25, -0.2) is 9.97 Å². The van der Waals surface area contributed by atoms with Gasteiger partial charge in [-0.1, -0.05) is 23.7 Å². The van der Waals surface area contributed by atoms with E-state index in [0.29, 0.717) is 39.6 Å². The standard InChI is InChI=1S/C28H23ClN6O2/c29-23-11-10-21(16-22(23)26-17-32-24-4-1-2-5-25(24)34-26)33-28(37)20-8-6-19(7-9-20)27(36)31-12-3-14-35-15-13-30-18-35/h1-2,4-11,13,15-18H,3,12,14H2,(H,31,36)(H,33,37). The number of nitrogens with one attached hydrogen (secondary N) is 2. The van der Waals surface area contributed by atoms with Gasteiger partial charge < -0.3 is 15.2 Å². The Bertz CT molecular complexity index is 1550. The fourth-order valence-corrected chi connectivity index (χ4v) is 4.06. The van der Waals surface area contributed by atoms with Gasteiger partial charge in [-0.15, -0.1) is 0 Å². The third-order valence-electron chi connectivity index (χ3n) is 5.80. The number of benzene rings is 3. The first-order valence-electron chi connectivity index (χ1n) is 11.7. The molecule has 0 spiro atoms. The number of carbonyl (C=O) groups is 2. The van der Waals surface area contributed by atoms with Crippen LogP contribution in [0.2, 0.25) is 5.02 Å². The van der Waals surface area contributed by atoms with E-state index >= 15 is 0 Å². The molecule has 2 amide bonds. The molecular formula is C28H23ClN6O2. The molecule has 2 heterocycles. The highest BCUT2D eigenvalue weighted by Crippen LogP contribution is 2.30. The van der Waals surface area contributed by atoms with E-state index in [2.05, 4.69) is 25.6 Å². The highest BCUT2D eigenvalue weighted by atomic mass is 35.5. The van der Waals surface area contributed by atoms with Crippen LogP contribution in [0.3, 0.4) is 0 Å². The van der Waals surface area contributed by atoms with Crippen molar-refractivity contribution in [2.45, 2.75) is 13.0 Å². The number of aromatic nitrogens is 4. The lowest BCUT2D eigenvalue weighted by atomic mass is 10.1. The van der Waals surface area contributed by atoms with Crippen LogP contribution < -0.4 is 10.6 Å². The quantitative estimate of drug-likeness (QED) is 0.279. The van der Waals surface area contributed by atoms with Crippen molar-refractivity contribution in [3.8, 4) is 11.3 Å². The van der Waals surface area contributed by atoms with Gasteiger partial charge in [0.2, 0.25) is 0 Å². The molecule has 0 radical (unpaired) electrons. The van der Waals surface area contributed by atoms with Crippen LogP contribution in [-0.2, 0) is 6.54 Å². The Balaban J connectivity index is 1.22. The first-order valence-corrected chi connectivity index (χ1v) is 12.1. The summed E-state index contributed by atoms with van der Waals surface area (Å²) in [7, 11) is 0. The molecule has 0 unspecified atom stereocenters. The average molecular weight is 511 g/mol. The molecule has 5 aromatic rings. The lowest BCUT2D eigenvalue weighted by molar-refractivity contribution is 0.0951. The van der Waals surface area contributed by atoms with Crippen molar-refractivity contribution >= 4 is 40.1 Å². The van der Waals surface area contributed by atoms with Gasteiger partial charge in [0, 0.05) is 47.9 Å². The zero-order valence-electron chi connectivity index (χ0n) is 19.8. The van der Waals surface area contributed by atoms with Crippen LogP contribution in [-0.4, -0.2) is 37.9 Å². The number of aryl methyl sites for hydroxylation is 1. The average Bonchev–Trinajstić information content (AvgIpc) is 3.45. The fourth-order valence-electron chi connectivity index (χ4n) is 3.85. The maximum absolute atomic E-state index is 12.8. The molecular weight excluding hydrogens is 488 g/mol. The molecule has 9 heteroatoms. The lowest BCUT2D eigenvalue weighted by Crippen LogP contribution is -2.25. The molecule has 37 heavy (non-hydrogen) atoms. The number of rotatable bonds is 8. The number of amides is 2. The van der Waals surface area contributed by atoms with Gasteiger partial charge in [-0.3, -0.25) is 14.6 Å². The number of halogens is 1. The van der Waals surface area contributed by atoms with E-state index in [4.69, 9.17) is 11.6 Å². The number of fused-ring (bicyclic) bond motifs is 1. The first kappa shape index (κ1) is 24.1. The number of hydrogen-bond acceptors (Lipinski definition) is 5. The van der Waals surface area contributed by atoms with Crippen molar-refractivity contribution in [1.29, 1.82) is 0 Å². The number of hydrogen-bond donors (Lipinski definition) is 2. The van der Waals surface area contributed by atoms with Gasteiger partial charge in [0.15, 0.2) is 0 Å². The Hall–Kier alpha value is -4.56.